The standard InChI is InChI=1S/C15H21ClFN/c1-14(2)5-7-15(18,8-6-14)10-11-3-4-13(17)12(16)9-11/h3-4,9H,5-8,10,18H2,1-2H3. The largest absolute Gasteiger partial charge is 0.325 e. The third-order valence-electron chi connectivity index (χ3n) is 4.14. The Balaban J connectivity index is 2.07. The zero-order valence-corrected chi connectivity index (χ0v) is 11.9. The Morgan fingerprint density at radius 2 is 1.83 bits per heavy atom. The van der Waals surface area contributed by atoms with Gasteiger partial charge in [0.2, 0.25) is 0 Å². The maximum Gasteiger partial charge on any atom is 0.141 e. The summed E-state index contributed by atoms with van der Waals surface area (Å²) in [5.41, 5.74) is 7.74. The summed E-state index contributed by atoms with van der Waals surface area (Å²) in [5, 5.41) is 0.187. The molecule has 1 aliphatic rings. The van der Waals surface area contributed by atoms with Crippen molar-refractivity contribution in [3.8, 4) is 0 Å². The van der Waals surface area contributed by atoms with E-state index in [0.29, 0.717) is 5.41 Å². The average Bonchev–Trinajstić information content (AvgIpc) is 2.29. The van der Waals surface area contributed by atoms with E-state index in [-0.39, 0.29) is 16.4 Å². The lowest BCUT2D eigenvalue weighted by Gasteiger charge is -2.41. The quantitative estimate of drug-likeness (QED) is 0.850. The number of nitrogens with two attached hydrogens (primary N) is 1. The summed E-state index contributed by atoms with van der Waals surface area (Å²) in [7, 11) is 0. The van der Waals surface area contributed by atoms with Crippen molar-refractivity contribution in [3.05, 3.63) is 34.6 Å². The van der Waals surface area contributed by atoms with Crippen molar-refractivity contribution >= 4 is 11.6 Å². The molecule has 1 nitrogen and oxygen atoms in total. The van der Waals surface area contributed by atoms with E-state index < -0.39 is 0 Å². The molecule has 0 unspecified atom stereocenters. The van der Waals surface area contributed by atoms with Crippen LogP contribution in [0.5, 0.6) is 0 Å². The third kappa shape index (κ3) is 3.24. The molecule has 3 heteroatoms. The molecule has 0 amide bonds. The van der Waals surface area contributed by atoms with Gasteiger partial charge in [0.05, 0.1) is 5.02 Å². The summed E-state index contributed by atoms with van der Waals surface area (Å²) < 4.78 is 13.1. The van der Waals surface area contributed by atoms with Crippen LogP contribution in [0.15, 0.2) is 18.2 Å². The number of hydrogen-bond acceptors (Lipinski definition) is 1. The molecule has 1 fully saturated rings. The van der Waals surface area contributed by atoms with Crippen LogP contribution < -0.4 is 5.73 Å². The Bertz CT molecular complexity index is 432. The molecule has 0 atom stereocenters. The summed E-state index contributed by atoms with van der Waals surface area (Å²) in [4.78, 5) is 0. The fourth-order valence-corrected chi connectivity index (χ4v) is 2.86. The van der Waals surface area contributed by atoms with Crippen LogP contribution in [0.2, 0.25) is 5.02 Å². The second kappa shape index (κ2) is 4.82. The molecule has 100 valence electrons. The number of hydrogen-bond donors (Lipinski definition) is 1. The van der Waals surface area contributed by atoms with Crippen LogP contribution >= 0.6 is 11.6 Å². The molecule has 0 bridgehead atoms. The first-order chi connectivity index (χ1) is 8.30. The van der Waals surface area contributed by atoms with Gasteiger partial charge in [0.15, 0.2) is 0 Å². The summed E-state index contributed by atoms with van der Waals surface area (Å²) in [5.74, 6) is -0.365. The van der Waals surface area contributed by atoms with E-state index in [0.717, 1.165) is 37.7 Å². The highest BCUT2D eigenvalue weighted by atomic mass is 35.5. The lowest BCUT2D eigenvalue weighted by atomic mass is 9.68. The maximum atomic E-state index is 13.1. The van der Waals surface area contributed by atoms with Gasteiger partial charge in [-0.3, -0.25) is 0 Å². The highest BCUT2D eigenvalue weighted by Gasteiger charge is 2.35. The fraction of sp³-hybridized carbons (Fsp3) is 0.600. The lowest BCUT2D eigenvalue weighted by molar-refractivity contribution is 0.164. The molecule has 2 N–H and O–H groups in total. The first kappa shape index (κ1) is 13.8. The predicted molar refractivity (Wildman–Crippen MR) is 74.3 cm³/mol. The van der Waals surface area contributed by atoms with Gasteiger partial charge in [0.1, 0.15) is 5.82 Å². The van der Waals surface area contributed by atoms with Crippen LogP contribution in [-0.4, -0.2) is 5.54 Å². The van der Waals surface area contributed by atoms with Gasteiger partial charge in [-0.1, -0.05) is 31.5 Å². The third-order valence-corrected chi connectivity index (χ3v) is 4.43. The van der Waals surface area contributed by atoms with Gasteiger partial charge in [-0.05, 0) is 55.2 Å². The second-order valence-corrected chi connectivity index (χ2v) is 6.86. The van der Waals surface area contributed by atoms with Gasteiger partial charge in [0, 0.05) is 5.54 Å². The van der Waals surface area contributed by atoms with E-state index in [1.54, 1.807) is 12.1 Å². The molecule has 0 heterocycles. The van der Waals surface area contributed by atoms with Crippen molar-refractivity contribution in [1.82, 2.24) is 0 Å². The van der Waals surface area contributed by atoms with Gasteiger partial charge in [0.25, 0.3) is 0 Å². The molecule has 0 aromatic heterocycles. The predicted octanol–water partition coefficient (Wildman–Crippen LogP) is 4.32. The molecule has 1 aliphatic carbocycles. The molecular formula is C15H21ClFN. The molecule has 1 aromatic rings. The summed E-state index contributed by atoms with van der Waals surface area (Å²) in [6.45, 7) is 4.59. The molecule has 0 aliphatic heterocycles. The number of benzene rings is 1. The summed E-state index contributed by atoms with van der Waals surface area (Å²) >= 11 is 5.81. The highest BCUT2D eigenvalue weighted by Crippen LogP contribution is 2.40. The Labute approximate surface area is 114 Å². The van der Waals surface area contributed by atoms with Gasteiger partial charge in [-0.25, -0.2) is 4.39 Å². The van der Waals surface area contributed by atoms with Crippen molar-refractivity contribution in [2.75, 3.05) is 0 Å². The van der Waals surface area contributed by atoms with Crippen LogP contribution in [-0.2, 0) is 6.42 Å². The Morgan fingerprint density at radius 1 is 1.22 bits per heavy atom. The fourth-order valence-electron chi connectivity index (χ4n) is 2.66. The average molecular weight is 270 g/mol. The SMILES string of the molecule is CC1(C)CCC(N)(Cc2ccc(F)c(Cl)c2)CC1. The Kier molecular flexibility index (Phi) is 3.70. The van der Waals surface area contributed by atoms with Crippen molar-refractivity contribution in [2.24, 2.45) is 11.1 Å². The van der Waals surface area contributed by atoms with Gasteiger partial charge < -0.3 is 5.73 Å². The Hall–Kier alpha value is -0.600. The molecule has 18 heavy (non-hydrogen) atoms. The van der Waals surface area contributed by atoms with Crippen molar-refractivity contribution < 1.29 is 4.39 Å². The second-order valence-electron chi connectivity index (χ2n) is 6.45. The monoisotopic (exact) mass is 269 g/mol. The zero-order chi connectivity index (χ0) is 13.4. The molecule has 0 saturated heterocycles. The molecule has 0 spiro atoms. The van der Waals surface area contributed by atoms with Crippen LogP contribution in [0.3, 0.4) is 0 Å². The lowest BCUT2D eigenvalue weighted by Crippen LogP contribution is -2.46. The van der Waals surface area contributed by atoms with Crippen LogP contribution in [0.1, 0.15) is 45.1 Å². The molecule has 0 radical (unpaired) electrons. The van der Waals surface area contributed by atoms with Gasteiger partial charge in [-0.2, -0.15) is 0 Å². The summed E-state index contributed by atoms with van der Waals surface area (Å²) in [6.07, 6.45) is 5.13. The van der Waals surface area contributed by atoms with E-state index in [4.69, 9.17) is 17.3 Å². The van der Waals surface area contributed by atoms with E-state index >= 15 is 0 Å². The van der Waals surface area contributed by atoms with Crippen molar-refractivity contribution in [2.45, 2.75) is 51.5 Å². The van der Waals surface area contributed by atoms with E-state index in [2.05, 4.69) is 13.8 Å². The highest BCUT2D eigenvalue weighted by molar-refractivity contribution is 6.30. The maximum absolute atomic E-state index is 13.1. The van der Waals surface area contributed by atoms with Crippen LogP contribution in [0.4, 0.5) is 4.39 Å². The topological polar surface area (TPSA) is 26.0 Å². The van der Waals surface area contributed by atoms with E-state index in [1.807, 2.05) is 0 Å². The first-order valence-corrected chi connectivity index (χ1v) is 6.90. The minimum atomic E-state index is -0.365. The van der Waals surface area contributed by atoms with Gasteiger partial charge in [-0.15, -0.1) is 0 Å². The number of rotatable bonds is 2. The smallest absolute Gasteiger partial charge is 0.141 e. The molecular weight excluding hydrogens is 249 g/mol. The van der Waals surface area contributed by atoms with Crippen molar-refractivity contribution in [1.29, 1.82) is 0 Å². The van der Waals surface area contributed by atoms with E-state index in [9.17, 15) is 4.39 Å². The molecule has 1 saturated carbocycles. The number of halogens is 2. The molecule has 1 aromatic carbocycles. The van der Waals surface area contributed by atoms with Crippen LogP contribution in [0.25, 0.3) is 0 Å². The van der Waals surface area contributed by atoms with Gasteiger partial charge >= 0.3 is 0 Å². The summed E-state index contributed by atoms with van der Waals surface area (Å²) in [6, 6.07) is 4.91. The first-order valence-electron chi connectivity index (χ1n) is 6.53. The normalized spacial score (nSPS) is 21.8. The minimum absolute atomic E-state index is 0.156. The van der Waals surface area contributed by atoms with Crippen molar-refractivity contribution in [3.63, 3.8) is 0 Å². The Morgan fingerprint density at radius 3 is 2.39 bits per heavy atom. The van der Waals surface area contributed by atoms with E-state index in [1.165, 1.54) is 6.07 Å². The molecule has 2 rings (SSSR count). The zero-order valence-electron chi connectivity index (χ0n) is 11.1. The van der Waals surface area contributed by atoms with Crippen LogP contribution in [0, 0.1) is 11.2 Å². The minimum Gasteiger partial charge on any atom is -0.325 e.